The van der Waals surface area contributed by atoms with Crippen LogP contribution in [0.3, 0.4) is 0 Å². The number of aromatic nitrogens is 5. The number of amides is 1. The summed E-state index contributed by atoms with van der Waals surface area (Å²) in [5.41, 5.74) is 4.81. The van der Waals surface area contributed by atoms with Crippen molar-refractivity contribution in [3.63, 3.8) is 0 Å². The van der Waals surface area contributed by atoms with E-state index in [1.807, 2.05) is 42.5 Å². The second kappa shape index (κ2) is 6.74. The zero-order valence-electron chi connectivity index (χ0n) is 15.3. The second-order valence-electron chi connectivity index (χ2n) is 6.81. The second-order valence-corrected chi connectivity index (χ2v) is 7.15. The third-order valence-electron chi connectivity index (χ3n) is 4.89. The normalized spacial score (nSPS) is 16.5. The van der Waals surface area contributed by atoms with Gasteiger partial charge in [-0.1, -0.05) is 0 Å². The minimum absolute atomic E-state index is 0.0251. The first kappa shape index (κ1) is 17.6. The van der Waals surface area contributed by atoms with Crippen LogP contribution in [0.15, 0.2) is 30.9 Å². The Bertz CT molecular complexity index is 1030. The SMILES string of the molecule is Cc1cnc(Cl)nc1-c1cc2n(c1)C[C@H](C)N(Cc1nccnc1C)C2=O. The Hall–Kier alpha value is -2.80. The third-order valence-corrected chi connectivity index (χ3v) is 5.07. The van der Waals surface area contributed by atoms with Crippen molar-refractivity contribution in [1.82, 2.24) is 29.4 Å². The van der Waals surface area contributed by atoms with Gasteiger partial charge < -0.3 is 9.47 Å². The molecule has 1 aliphatic rings. The van der Waals surface area contributed by atoms with E-state index in [0.29, 0.717) is 18.8 Å². The number of carbonyl (C=O) groups is 1. The molecule has 0 N–H and O–H groups in total. The summed E-state index contributed by atoms with van der Waals surface area (Å²) < 4.78 is 1.98. The van der Waals surface area contributed by atoms with Crippen LogP contribution in [0.4, 0.5) is 0 Å². The molecule has 4 heterocycles. The lowest BCUT2D eigenvalue weighted by Gasteiger charge is -2.34. The van der Waals surface area contributed by atoms with Crippen LogP contribution in [0.2, 0.25) is 5.28 Å². The van der Waals surface area contributed by atoms with Crippen LogP contribution in [-0.2, 0) is 13.1 Å². The Morgan fingerprint density at radius 2 is 2.00 bits per heavy atom. The molecule has 0 saturated heterocycles. The lowest BCUT2D eigenvalue weighted by molar-refractivity contribution is 0.0592. The van der Waals surface area contributed by atoms with Crippen LogP contribution in [0.1, 0.15) is 34.4 Å². The molecule has 0 spiro atoms. The van der Waals surface area contributed by atoms with Crippen molar-refractivity contribution in [2.75, 3.05) is 0 Å². The Morgan fingerprint density at radius 1 is 1.22 bits per heavy atom. The fraction of sp³-hybridized carbons (Fsp3) is 0.316. The lowest BCUT2D eigenvalue weighted by atomic mass is 10.1. The molecule has 8 heteroatoms. The number of nitrogens with zero attached hydrogens (tertiary/aromatic N) is 6. The van der Waals surface area contributed by atoms with Crippen molar-refractivity contribution in [3.05, 3.63) is 58.8 Å². The monoisotopic (exact) mass is 382 g/mol. The van der Waals surface area contributed by atoms with Gasteiger partial charge in [0, 0.05) is 42.9 Å². The molecule has 1 atom stereocenters. The van der Waals surface area contributed by atoms with Gasteiger partial charge in [0.15, 0.2) is 0 Å². The number of rotatable bonds is 3. The molecule has 0 aliphatic carbocycles. The summed E-state index contributed by atoms with van der Waals surface area (Å²) in [6, 6.07) is 1.91. The van der Waals surface area contributed by atoms with Crippen LogP contribution in [0.5, 0.6) is 0 Å². The minimum atomic E-state index is -0.0251. The van der Waals surface area contributed by atoms with Crippen molar-refractivity contribution >= 4 is 17.5 Å². The quantitative estimate of drug-likeness (QED) is 0.650. The molecule has 138 valence electrons. The number of aryl methyl sites for hydroxylation is 2. The van der Waals surface area contributed by atoms with Crippen LogP contribution >= 0.6 is 11.6 Å². The number of carbonyl (C=O) groups excluding carboxylic acids is 1. The molecule has 1 aliphatic heterocycles. The first-order valence-electron chi connectivity index (χ1n) is 8.71. The summed E-state index contributed by atoms with van der Waals surface area (Å²) in [6.07, 6.45) is 6.96. The van der Waals surface area contributed by atoms with Crippen LogP contribution in [0.25, 0.3) is 11.3 Å². The lowest BCUT2D eigenvalue weighted by Crippen LogP contribution is -2.45. The highest BCUT2D eigenvalue weighted by molar-refractivity contribution is 6.28. The van der Waals surface area contributed by atoms with E-state index < -0.39 is 0 Å². The number of fused-ring (bicyclic) bond motifs is 1. The molecule has 0 radical (unpaired) electrons. The van der Waals surface area contributed by atoms with Gasteiger partial charge in [-0.15, -0.1) is 0 Å². The van der Waals surface area contributed by atoms with Gasteiger partial charge >= 0.3 is 0 Å². The van der Waals surface area contributed by atoms with Gasteiger partial charge in [-0.05, 0) is 44.0 Å². The maximum absolute atomic E-state index is 13.1. The smallest absolute Gasteiger partial charge is 0.271 e. The van der Waals surface area contributed by atoms with Crippen LogP contribution in [-0.4, -0.2) is 41.4 Å². The van der Waals surface area contributed by atoms with E-state index in [1.165, 1.54) is 0 Å². The highest BCUT2D eigenvalue weighted by Crippen LogP contribution is 2.28. The average Bonchev–Trinajstić information content (AvgIpc) is 3.06. The molecule has 27 heavy (non-hydrogen) atoms. The maximum atomic E-state index is 13.1. The van der Waals surface area contributed by atoms with Crippen molar-refractivity contribution in [3.8, 4) is 11.3 Å². The Kier molecular flexibility index (Phi) is 4.39. The predicted molar refractivity (Wildman–Crippen MR) is 101 cm³/mol. The van der Waals surface area contributed by atoms with Gasteiger partial charge in [0.1, 0.15) is 5.69 Å². The van der Waals surface area contributed by atoms with Gasteiger partial charge in [-0.25, -0.2) is 9.97 Å². The van der Waals surface area contributed by atoms with Crippen LogP contribution in [0, 0.1) is 13.8 Å². The molecule has 0 saturated carbocycles. The fourth-order valence-electron chi connectivity index (χ4n) is 3.39. The Morgan fingerprint density at radius 3 is 2.78 bits per heavy atom. The number of hydrogen-bond acceptors (Lipinski definition) is 5. The summed E-state index contributed by atoms with van der Waals surface area (Å²) in [6.45, 7) is 7.02. The summed E-state index contributed by atoms with van der Waals surface area (Å²) >= 11 is 5.96. The zero-order valence-corrected chi connectivity index (χ0v) is 16.1. The summed E-state index contributed by atoms with van der Waals surface area (Å²) in [7, 11) is 0. The van der Waals surface area contributed by atoms with E-state index in [1.54, 1.807) is 18.6 Å². The highest BCUT2D eigenvalue weighted by atomic mass is 35.5. The van der Waals surface area contributed by atoms with Crippen molar-refractivity contribution < 1.29 is 4.79 Å². The van der Waals surface area contributed by atoms with E-state index in [9.17, 15) is 4.79 Å². The molecule has 1 amide bonds. The third kappa shape index (κ3) is 3.19. The average molecular weight is 383 g/mol. The van der Waals surface area contributed by atoms with E-state index in [0.717, 1.165) is 28.2 Å². The zero-order chi connectivity index (χ0) is 19.1. The fourth-order valence-corrected chi connectivity index (χ4v) is 3.53. The molecule has 3 aromatic heterocycles. The summed E-state index contributed by atoms with van der Waals surface area (Å²) in [5.74, 6) is -0.0251. The van der Waals surface area contributed by atoms with E-state index in [-0.39, 0.29) is 17.2 Å². The van der Waals surface area contributed by atoms with Crippen molar-refractivity contribution in [1.29, 1.82) is 0 Å². The highest BCUT2D eigenvalue weighted by Gasteiger charge is 2.31. The molecule has 0 unspecified atom stereocenters. The van der Waals surface area contributed by atoms with Gasteiger partial charge in [-0.3, -0.25) is 14.8 Å². The molecule has 4 rings (SSSR count). The largest absolute Gasteiger partial charge is 0.341 e. The van der Waals surface area contributed by atoms with E-state index in [2.05, 4.69) is 19.9 Å². The van der Waals surface area contributed by atoms with Gasteiger partial charge in [-0.2, -0.15) is 0 Å². The molecular formula is C19H19ClN6O. The molecular weight excluding hydrogens is 364 g/mol. The van der Waals surface area contributed by atoms with Crippen molar-refractivity contribution in [2.24, 2.45) is 0 Å². The molecule has 7 nitrogen and oxygen atoms in total. The van der Waals surface area contributed by atoms with E-state index >= 15 is 0 Å². The molecule has 0 fully saturated rings. The van der Waals surface area contributed by atoms with Gasteiger partial charge in [0.2, 0.25) is 5.28 Å². The van der Waals surface area contributed by atoms with E-state index in [4.69, 9.17) is 11.6 Å². The Balaban J connectivity index is 1.69. The first-order valence-corrected chi connectivity index (χ1v) is 9.09. The van der Waals surface area contributed by atoms with Gasteiger partial charge in [0.05, 0.1) is 23.6 Å². The summed E-state index contributed by atoms with van der Waals surface area (Å²) in [5, 5.41) is 0.194. The maximum Gasteiger partial charge on any atom is 0.271 e. The van der Waals surface area contributed by atoms with Crippen LogP contribution < -0.4 is 0 Å². The standard InChI is InChI=1S/C19H19ClN6O/c1-11-7-23-19(20)24-17(11)14-6-16-18(27)26(12(2)8-25(16)9-14)10-15-13(3)21-4-5-22-15/h4-7,9,12H,8,10H2,1-3H3/t12-/m0/s1. The molecule has 0 bridgehead atoms. The number of hydrogen-bond donors (Lipinski definition) is 0. The topological polar surface area (TPSA) is 76.8 Å². The van der Waals surface area contributed by atoms with Gasteiger partial charge in [0.25, 0.3) is 5.91 Å². The summed E-state index contributed by atoms with van der Waals surface area (Å²) in [4.78, 5) is 32.0. The minimum Gasteiger partial charge on any atom is -0.341 e. The Labute approximate surface area is 162 Å². The first-order chi connectivity index (χ1) is 12.9. The number of halogens is 1. The molecule has 3 aromatic rings. The van der Waals surface area contributed by atoms with Crippen molar-refractivity contribution in [2.45, 2.75) is 39.9 Å². The predicted octanol–water partition coefficient (Wildman–Crippen LogP) is 3.05. The molecule has 0 aromatic carbocycles.